The second-order valence-electron chi connectivity index (χ2n) is 16.1. The molecule has 11 atom stereocenters. The summed E-state index contributed by atoms with van der Waals surface area (Å²) in [5.41, 5.74) is -1.86. The van der Waals surface area contributed by atoms with E-state index < -0.39 is 40.5 Å². The largest absolute Gasteiger partial charge is 0.481 e. The van der Waals surface area contributed by atoms with Gasteiger partial charge in [-0.15, -0.1) is 0 Å². The minimum atomic E-state index is -1.10. The Morgan fingerprint density at radius 3 is 2.10 bits per heavy atom. The lowest BCUT2D eigenvalue weighted by molar-refractivity contribution is -0.247. The summed E-state index contributed by atoms with van der Waals surface area (Å²) in [6.45, 7) is 18.2. The molecular weight excluding hydrogens is 520 g/mol. The number of carboxylic acid groups (broad SMARTS) is 1. The second-order valence-corrected chi connectivity index (χ2v) is 16.1. The number of carboxylic acids is 1. The Balaban J connectivity index is 1.62. The first-order valence-corrected chi connectivity index (χ1v) is 15.8. The monoisotopic (exact) mass is 572 g/mol. The number of allylic oxidation sites excluding steroid dienone is 1. The van der Waals surface area contributed by atoms with E-state index in [4.69, 9.17) is 9.47 Å². The van der Waals surface area contributed by atoms with Gasteiger partial charge in [-0.25, -0.2) is 0 Å². The molecule has 7 heteroatoms. The molecule has 0 unspecified atom stereocenters. The van der Waals surface area contributed by atoms with Gasteiger partial charge in [0.05, 0.1) is 11.0 Å². The van der Waals surface area contributed by atoms with E-state index in [2.05, 4.69) is 47.6 Å². The van der Waals surface area contributed by atoms with Crippen molar-refractivity contribution < 1.29 is 34.1 Å². The summed E-state index contributed by atoms with van der Waals surface area (Å²) < 4.78 is 11.8. The standard InChI is InChI=1S/C34H52O7/c1-19-12-15-34(28(37)38)17-16-31(7)22(26(34)33(19,9)39)10-11-25-30(6)18-23(40-20(2)35)27(41-21(3)36)29(4,5)24(30)13-14-32(25,31)8/h10,19,23-27,39H,11-18H2,1-9H3,(H,37,38)/t19-,23-,24+,25-,26-,27+,30+,31-,32-,33-,34+/m1/s1. The van der Waals surface area contributed by atoms with E-state index in [9.17, 15) is 24.6 Å². The Bertz CT molecular complexity index is 1170. The number of aliphatic carboxylic acids is 1. The fourth-order valence-electron chi connectivity index (χ4n) is 11.7. The van der Waals surface area contributed by atoms with E-state index in [0.717, 1.165) is 37.7 Å². The zero-order chi connectivity index (χ0) is 30.6. The molecule has 0 spiro atoms. The van der Waals surface area contributed by atoms with Gasteiger partial charge >= 0.3 is 17.9 Å². The second kappa shape index (κ2) is 9.30. The molecule has 230 valence electrons. The Morgan fingerprint density at radius 2 is 1.51 bits per heavy atom. The molecular formula is C34H52O7. The van der Waals surface area contributed by atoms with E-state index in [1.807, 2.05) is 6.92 Å². The summed E-state index contributed by atoms with van der Waals surface area (Å²) >= 11 is 0. The smallest absolute Gasteiger partial charge is 0.310 e. The van der Waals surface area contributed by atoms with Gasteiger partial charge in [-0.1, -0.05) is 53.2 Å². The van der Waals surface area contributed by atoms with Crippen LogP contribution in [0.1, 0.15) is 114 Å². The van der Waals surface area contributed by atoms with Gasteiger partial charge in [-0.3, -0.25) is 14.4 Å². The van der Waals surface area contributed by atoms with E-state index in [1.165, 1.54) is 13.8 Å². The van der Waals surface area contributed by atoms with Crippen molar-refractivity contribution in [2.45, 2.75) is 131 Å². The molecule has 0 bridgehead atoms. The number of fused-ring (bicyclic) bond motifs is 7. The fraction of sp³-hybridized carbons (Fsp3) is 0.853. The van der Waals surface area contributed by atoms with Gasteiger partial charge in [0, 0.05) is 25.2 Å². The number of hydrogen-bond acceptors (Lipinski definition) is 6. The molecule has 0 aromatic heterocycles. The molecule has 0 aromatic carbocycles. The van der Waals surface area contributed by atoms with Crippen molar-refractivity contribution in [1.29, 1.82) is 0 Å². The normalized spacial score (nSPS) is 50.1. The number of rotatable bonds is 3. The maximum Gasteiger partial charge on any atom is 0.310 e. The highest BCUT2D eigenvalue weighted by Crippen LogP contribution is 2.76. The third-order valence-electron chi connectivity index (χ3n) is 14.0. The van der Waals surface area contributed by atoms with Crippen LogP contribution in [0.25, 0.3) is 0 Å². The van der Waals surface area contributed by atoms with Crippen LogP contribution in [0.5, 0.6) is 0 Å². The SMILES string of the molecule is CC(=O)O[C@@H]1C[C@]2(C)[C@H]3CC=C4[C@H]5[C@](C(=O)O)(CC[C@@H](C)[C@@]5(C)O)CC[C@@]4(C)[C@]3(C)CC[C@H]2C(C)(C)[C@H]1OC(C)=O. The molecule has 4 fully saturated rings. The Morgan fingerprint density at radius 1 is 0.878 bits per heavy atom. The van der Waals surface area contributed by atoms with Gasteiger partial charge in [0.15, 0.2) is 0 Å². The Labute approximate surface area is 245 Å². The summed E-state index contributed by atoms with van der Waals surface area (Å²) in [5, 5.41) is 22.7. The van der Waals surface area contributed by atoms with E-state index in [0.29, 0.717) is 19.3 Å². The minimum Gasteiger partial charge on any atom is -0.481 e. The summed E-state index contributed by atoms with van der Waals surface area (Å²) in [5.74, 6) is -1.38. The lowest BCUT2D eigenvalue weighted by Crippen LogP contribution is -2.69. The first-order valence-electron chi connectivity index (χ1n) is 15.8. The molecule has 4 saturated carbocycles. The van der Waals surface area contributed by atoms with Crippen LogP contribution < -0.4 is 0 Å². The predicted octanol–water partition coefficient (Wildman–Crippen LogP) is 6.32. The average Bonchev–Trinajstić information content (AvgIpc) is 2.83. The third-order valence-corrected chi connectivity index (χ3v) is 14.0. The molecule has 5 rings (SSSR count). The van der Waals surface area contributed by atoms with Gasteiger partial charge in [-0.05, 0) is 92.3 Å². The molecule has 2 N–H and O–H groups in total. The number of ether oxygens (including phenoxy) is 2. The van der Waals surface area contributed by atoms with Crippen molar-refractivity contribution in [3.63, 3.8) is 0 Å². The van der Waals surface area contributed by atoms with Gasteiger partial charge in [-0.2, -0.15) is 0 Å². The number of hydrogen-bond donors (Lipinski definition) is 2. The first-order chi connectivity index (χ1) is 18.8. The summed E-state index contributed by atoms with van der Waals surface area (Å²) in [4.78, 5) is 37.4. The van der Waals surface area contributed by atoms with Crippen molar-refractivity contribution in [2.24, 2.45) is 50.7 Å². The summed E-state index contributed by atoms with van der Waals surface area (Å²) in [6.07, 6.45) is 7.30. The van der Waals surface area contributed by atoms with Crippen LogP contribution in [0.15, 0.2) is 11.6 Å². The van der Waals surface area contributed by atoms with Crippen molar-refractivity contribution in [2.75, 3.05) is 0 Å². The molecule has 0 aliphatic heterocycles. The summed E-state index contributed by atoms with van der Waals surface area (Å²) in [6, 6.07) is 0. The third kappa shape index (κ3) is 3.95. The highest BCUT2D eigenvalue weighted by molar-refractivity contribution is 5.77. The van der Waals surface area contributed by atoms with Crippen LogP contribution in [-0.4, -0.2) is 45.9 Å². The van der Waals surface area contributed by atoms with Gasteiger partial charge in [0.2, 0.25) is 0 Å². The molecule has 5 aliphatic carbocycles. The molecule has 0 saturated heterocycles. The van der Waals surface area contributed by atoms with Crippen molar-refractivity contribution in [1.82, 2.24) is 0 Å². The molecule has 0 aromatic rings. The lowest BCUT2D eigenvalue weighted by Gasteiger charge is -2.72. The first kappa shape index (κ1) is 30.6. The van der Waals surface area contributed by atoms with E-state index >= 15 is 0 Å². The highest BCUT2D eigenvalue weighted by Gasteiger charge is 2.72. The topological polar surface area (TPSA) is 110 Å². The maximum absolute atomic E-state index is 13.0. The maximum atomic E-state index is 13.0. The molecule has 0 radical (unpaired) electrons. The number of aliphatic hydroxyl groups is 1. The quantitative estimate of drug-likeness (QED) is 0.301. The zero-order valence-electron chi connectivity index (χ0n) is 26.6. The van der Waals surface area contributed by atoms with Crippen molar-refractivity contribution in [3.05, 3.63) is 11.6 Å². The zero-order valence-corrected chi connectivity index (χ0v) is 26.6. The van der Waals surface area contributed by atoms with Crippen molar-refractivity contribution >= 4 is 17.9 Å². The number of esters is 2. The van der Waals surface area contributed by atoms with Crippen LogP contribution in [-0.2, 0) is 23.9 Å². The molecule has 5 aliphatic rings. The lowest BCUT2D eigenvalue weighted by atomic mass is 9.33. The molecule has 0 heterocycles. The fourth-order valence-corrected chi connectivity index (χ4v) is 11.7. The minimum absolute atomic E-state index is 0.0175. The average molecular weight is 573 g/mol. The highest BCUT2D eigenvalue weighted by atomic mass is 16.6. The molecule has 41 heavy (non-hydrogen) atoms. The van der Waals surface area contributed by atoms with Gasteiger partial charge in [0.25, 0.3) is 0 Å². The van der Waals surface area contributed by atoms with E-state index in [1.54, 1.807) is 0 Å². The Hall–Kier alpha value is -1.89. The molecule has 7 nitrogen and oxygen atoms in total. The predicted molar refractivity (Wildman–Crippen MR) is 155 cm³/mol. The van der Waals surface area contributed by atoms with Gasteiger partial charge < -0.3 is 19.7 Å². The van der Waals surface area contributed by atoms with Crippen LogP contribution in [0.3, 0.4) is 0 Å². The number of carbonyl (C=O) groups excluding carboxylic acids is 2. The molecule has 0 amide bonds. The Kier molecular flexibility index (Phi) is 6.94. The van der Waals surface area contributed by atoms with Gasteiger partial charge in [0.1, 0.15) is 12.2 Å². The van der Waals surface area contributed by atoms with Crippen LogP contribution in [0, 0.1) is 50.7 Å². The van der Waals surface area contributed by atoms with Crippen molar-refractivity contribution in [3.8, 4) is 0 Å². The summed E-state index contributed by atoms with van der Waals surface area (Å²) in [7, 11) is 0. The van der Waals surface area contributed by atoms with E-state index in [-0.39, 0.29) is 45.9 Å². The van der Waals surface area contributed by atoms with Crippen LogP contribution >= 0.6 is 0 Å². The van der Waals surface area contributed by atoms with Crippen LogP contribution in [0.2, 0.25) is 0 Å². The van der Waals surface area contributed by atoms with Crippen LogP contribution in [0.4, 0.5) is 0 Å². The number of carbonyl (C=O) groups is 3.